The Kier molecular flexibility index (Phi) is 5.66. The van der Waals surface area contributed by atoms with Crippen molar-refractivity contribution in [3.05, 3.63) is 54.3 Å². The smallest absolute Gasteiger partial charge is 0.287 e. The Morgan fingerprint density at radius 1 is 1.17 bits per heavy atom. The zero-order valence-corrected chi connectivity index (χ0v) is 17.0. The predicted molar refractivity (Wildman–Crippen MR) is 104 cm³/mol. The molecule has 0 unspecified atom stereocenters. The number of carbonyl (C=O) groups excluding carboxylic acids is 1. The first kappa shape index (κ1) is 20.3. The minimum Gasteiger partial charge on any atom is -0.459 e. The molecule has 0 saturated carbocycles. The van der Waals surface area contributed by atoms with Gasteiger partial charge in [0.15, 0.2) is 5.76 Å². The molecular weight excluding hydrogens is 412 g/mol. The number of ether oxygens (including phenoxy) is 1. The van der Waals surface area contributed by atoms with E-state index in [-0.39, 0.29) is 16.5 Å². The lowest BCUT2D eigenvalue weighted by molar-refractivity contribution is 0.0730. The summed E-state index contributed by atoms with van der Waals surface area (Å²) in [6.45, 7) is 3.14. The Balaban J connectivity index is 1.46. The van der Waals surface area contributed by atoms with Crippen LogP contribution in [-0.2, 0) is 14.8 Å². The molecule has 0 bridgehead atoms. The Morgan fingerprint density at radius 2 is 1.90 bits per heavy atom. The molecule has 1 N–H and O–H groups in total. The van der Waals surface area contributed by atoms with E-state index < -0.39 is 22.0 Å². The predicted octanol–water partition coefficient (Wildman–Crippen LogP) is 1.84. The van der Waals surface area contributed by atoms with Crippen molar-refractivity contribution < 1.29 is 26.9 Å². The van der Waals surface area contributed by atoms with E-state index >= 15 is 0 Å². The molecule has 1 atom stereocenters. The van der Waals surface area contributed by atoms with Crippen LogP contribution in [0.4, 0.5) is 0 Å². The second-order valence-electron chi connectivity index (χ2n) is 6.67. The first-order chi connectivity index (χ1) is 14.4. The molecule has 30 heavy (non-hydrogen) atoms. The average Bonchev–Trinajstić information content (AvgIpc) is 3.47. The normalized spacial score (nSPS) is 16.3. The first-order valence-electron chi connectivity index (χ1n) is 9.31. The fraction of sp³-hybridized carbons (Fsp3) is 0.316. The van der Waals surface area contributed by atoms with Gasteiger partial charge in [0.05, 0.1) is 24.4 Å². The van der Waals surface area contributed by atoms with Gasteiger partial charge in [-0.2, -0.15) is 9.29 Å². The summed E-state index contributed by atoms with van der Waals surface area (Å²) in [5.74, 6) is 0.290. The maximum Gasteiger partial charge on any atom is 0.287 e. The minimum absolute atomic E-state index is 0.179. The van der Waals surface area contributed by atoms with Crippen LogP contribution in [0.15, 0.2) is 56.5 Å². The molecule has 1 aromatic carbocycles. The number of furan rings is 1. The number of nitrogens with zero attached hydrogens (tertiary/aromatic N) is 3. The number of rotatable bonds is 6. The van der Waals surface area contributed by atoms with Gasteiger partial charge >= 0.3 is 0 Å². The van der Waals surface area contributed by atoms with Crippen molar-refractivity contribution in [2.75, 3.05) is 26.3 Å². The van der Waals surface area contributed by atoms with Gasteiger partial charge in [-0.05, 0) is 43.3 Å². The number of benzene rings is 1. The van der Waals surface area contributed by atoms with Gasteiger partial charge in [-0.1, -0.05) is 5.16 Å². The van der Waals surface area contributed by atoms with Crippen molar-refractivity contribution in [1.29, 1.82) is 0 Å². The van der Waals surface area contributed by atoms with Crippen molar-refractivity contribution in [3.63, 3.8) is 0 Å². The van der Waals surface area contributed by atoms with E-state index in [1.54, 1.807) is 31.2 Å². The number of carbonyl (C=O) groups is 1. The standard InChI is InChI=1S/C19H20N4O6S/c1-13(20-18(24)16-3-2-10-28-16)19-21-17(22-29-19)14-4-6-15(7-5-14)30(25,26)23-8-11-27-12-9-23/h2-7,10,13H,8-9,11-12H2,1H3,(H,20,24)/t13-/m0/s1. The Hall–Kier alpha value is -3.02. The maximum atomic E-state index is 12.7. The van der Waals surface area contributed by atoms with E-state index in [2.05, 4.69) is 15.5 Å². The maximum absolute atomic E-state index is 12.7. The summed E-state index contributed by atoms with van der Waals surface area (Å²) in [6, 6.07) is 8.89. The summed E-state index contributed by atoms with van der Waals surface area (Å²) in [7, 11) is -3.57. The van der Waals surface area contributed by atoms with E-state index in [0.29, 0.717) is 37.7 Å². The summed E-state index contributed by atoms with van der Waals surface area (Å²) in [4.78, 5) is 16.6. The molecule has 1 fully saturated rings. The van der Waals surface area contributed by atoms with Crippen molar-refractivity contribution in [2.24, 2.45) is 0 Å². The SMILES string of the molecule is C[C@H](NC(=O)c1ccco1)c1nc(-c2ccc(S(=O)(=O)N3CCOCC3)cc2)no1. The molecule has 1 saturated heterocycles. The summed E-state index contributed by atoms with van der Waals surface area (Å²) in [5, 5.41) is 6.63. The van der Waals surface area contributed by atoms with Crippen molar-refractivity contribution in [2.45, 2.75) is 17.9 Å². The van der Waals surface area contributed by atoms with Crippen molar-refractivity contribution in [1.82, 2.24) is 19.8 Å². The highest BCUT2D eigenvalue weighted by Gasteiger charge is 2.26. The van der Waals surface area contributed by atoms with E-state index in [0.717, 1.165) is 0 Å². The van der Waals surface area contributed by atoms with Gasteiger partial charge in [0.25, 0.3) is 5.91 Å². The molecule has 1 amide bonds. The third kappa shape index (κ3) is 4.13. The van der Waals surface area contributed by atoms with Gasteiger partial charge < -0.3 is 19.0 Å². The lowest BCUT2D eigenvalue weighted by Gasteiger charge is -2.26. The molecular formula is C19H20N4O6S. The third-order valence-corrected chi connectivity index (χ3v) is 6.54. The molecule has 0 aliphatic carbocycles. The van der Waals surface area contributed by atoms with Crippen molar-refractivity contribution >= 4 is 15.9 Å². The summed E-state index contributed by atoms with van der Waals surface area (Å²) < 4.78 is 42.3. The van der Waals surface area contributed by atoms with Crippen LogP contribution in [0.25, 0.3) is 11.4 Å². The third-order valence-electron chi connectivity index (χ3n) is 4.63. The highest BCUT2D eigenvalue weighted by Crippen LogP contribution is 2.23. The summed E-state index contributed by atoms with van der Waals surface area (Å²) in [5.41, 5.74) is 0.593. The minimum atomic E-state index is -3.57. The Morgan fingerprint density at radius 3 is 2.57 bits per heavy atom. The second-order valence-corrected chi connectivity index (χ2v) is 8.61. The topological polar surface area (TPSA) is 128 Å². The molecule has 4 rings (SSSR count). The number of hydrogen-bond donors (Lipinski definition) is 1. The average molecular weight is 432 g/mol. The summed E-state index contributed by atoms with van der Waals surface area (Å²) in [6.07, 6.45) is 1.41. The molecule has 3 aromatic rings. The molecule has 11 heteroatoms. The quantitative estimate of drug-likeness (QED) is 0.625. The highest BCUT2D eigenvalue weighted by molar-refractivity contribution is 7.89. The number of sulfonamides is 1. The number of amides is 1. The molecule has 3 heterocycles. The molecule has 0 radical (unpaired) electrons. The van der Waals surface area contributed by atoms with Gasteiger partial charge in [0.2, 0.25) is 21.7 Å². The molecule has 0 spiro atoms. The van der Waals surface area contributed by atoms with Crippen LogP contribution < -0.4 is 5.32 Å². The highest BCUT2D eigenvalue weighted by atomic mass is 32.2. The number of nitrogens with one attached hydrogen (secondary N) is 1. The van der Waals surface area contributed by atoms with Crippen LogP contribution in [0.5, 0.6) is 0 Å². The van der Waals surface area contributed by atoms with E-state index in [1.807, 2.05) is 0 Å². The Bertz CT molecular complexity index is 1100. The van der Waals surface area contributed by atoms with Crippen LogP contribution in [0.2, 0.25) is 0 Å². The zero-order chi connectivity index (χ0) is 21.1. The van der Waals surface area contributed by atoms with Gasteiger partial charge in [0, 0.05) is 18.7 Å². The lowest BCUT2D eigenvalue weighted by atomic mass is 10.2. The molecule has 158 valence electrons. The number of hydrogen-bond acceptors (Lipinski definition) is 8. The summed E-state index contributed by atoms with van der Waals surface area (Å²) >= 11 is 0. The lowest BCUT2D eigenvalue weighted by Crippen LogP contribution is -2.40. The van der Waals surface area contributed by atoms with Gasteiger partial charge in [-0.15, -0.1) is 0 Å². The zero-order valence-electron chi connectivity index (χ0n) is 16.1. The number of aromatic nitrogens is 2. The van der Waals surface area contributed by atoms with E-state index in [1.165, 1.54) is 22.7 Å². The molecule has 1 aliphatic rings. The Labute approximate surface area is 172 Å². The van der Waals surface area contributed by atoms with Crippen LogP contribution in [0.1, 0.15) is 29.4 Å². The van der Waals surface area contributed by atoms with Crippen LogP contribution >= 0.6 is 0 Å². The molecule has 10 nitrogen and oxygen atoms in total. The van der Waals surface area contributed by atoms with Crippen LogP contribution in [0.3, 0.4) is 0 Å². The molecule has 1 aliphatic heterocycles. The van der Waals surface area contributed by atoms with Crippen LogP contribution in [-0.4, -0.2) is 55.1 Å². The number of morpholine rings is 1. The van der Waals surface area contributed by atoms with Crippen molar-refractivity contribution in [3.8, 4) is 11.4 Å². The van der Waals surface area contributed by atoms with Gasteiger partial charge in [-0.3, -0.25) is 4.79 Å². The second kappa shape index (κ2) is 8.38. The monoisotopic (exact) mass is 432 g/mol. The molecule has 2 aromatic heterocycles. The van der Waals surface area contributed by atoms with E-state index in [4.69, 9.17) is 13.7 Å². The largest absolute Gasteiger partial charge is 0.459 e. The fourth-order valence-corrected chi connectivity index (χ4v) is 4.39. The fourth-order valence-electron chi connectivity index (χ4n) is 2.98. The van der Waals surface area contributed by atoms with Gasteiger partial charge in [-0.25, -0.2) is 8.42 Å². The first-order valence-corrected chi connectivity index (χ1v) is 10.8. The van der Waals surface area contributed by atoms with Crippen LogP contribution in [0, 0.1) is 0 Å². The van der Waals surface area contributed by atoms with E-state index in [9.17, 15) is 13.2 Å². The van der Waals surface area contributed by atoms with Gasteiger partial charge in [0.1, 0.15) is 6.04 Å².